The van der Waals surface area contributed by atoms with Crippen LogP contribution in [0.2, 0.25) is 19.6 Å². The predicted molar refractivity (Wildman–Crippen MR) is 40.9 cm³/mol. The van der Waals surface area contributed by atoms with Crippen molar-refractivity contribution in [1.82, 2.24) is 9.45 Å². The van der Waals surface area contributed by atoms with Gasteiger partial charge in [-0.2, -0.15) is 4.39 Å². The summed E-state index contributed by atoms with van der Waals surface area (Å²) in [6, 6.07) is 0. The second kappa shape index (κ2) is 2.40. The van der Waals surface area contributed by atoms with Crippen LogP contribution in [-0.4, -0.2) is 17.7 Å². The van der Waals surface area contributed by atoms with Crippen molar-refractivity contribution in [2.75, 3.05) is 0 Å². The lowest BCUT2D eigenvalue weighted by atomic mass is 10.7. The lowest BCUT2D eigenvalue weighted by Crippen LogP contribution is -2.32. The molecule has 0 amide bonds. The van der Waals surface area contributed by atoms with Crippen molar-refractivity contribution in [3.05, 3.63) is 18.0 Å². The average molecular weight is 176 g/mol. The number of halogens is 2. The summed E-state index contributed by atoms with van der Waals surface area (Å²) in [6.45, 7) is 5.87. The quantitative estimate of drug-likeness (QED) is 0.597. The Kier molecular flexibility index (Phi) is 1.83. The number of aromatic nitrogens is 2. The van der Waals surface area contributed by atoms with E-state index in [1.54, 1.807) is 0 Å². The van der Waals surface area contributed by atoms with Crippen molar-refractivity contribution >= 4 is 8.24 Å². The zero-order valence-electron chi connectivity index (χ0n) is 6.73. The molecule has 0 aliphatic rings. The molecular weight excluding hydrogens is 166 g/mol. The maximum absolute atomic E-state index is 12.4. The van der Waals surface area contributed by atoms with E-state index >= 15 is 0 Å². The van der Waals surface area contributed by atoms with Gasteiger partial charge >= 0.3 is 0 Å². The van der Waals surface area contributed by atoms with Crippen LogP contribution in [0.5, 0.6) is 0 Å². The van der Waals surface area contributed by atoms with E-state index in [0.29, 0.717) is 0 Å². The Balaban J connectivity index is 3.08. The van der Waals surface area contributed by atoms with Crippen LogP contribution < -0.4 is 0 Å². The van der Waals surface area contributed by atoms with Crippen LogP contribution in [0.3, 0.4) is 0 Å². The van der Waals surface area contributed by atoms with Crippen molar-refractivity contribution in [3.8, 4) is 0 Å². The second-order valence-electron chi connectivity index (χ2n) is 3.38. The Labute approximate surface area is 64.9 Å². The van der Waals surface area contributed by atoms with Gasteiger partial charge in [0.2, 0.25) is 0 Å². The molecule has 0 N–H and O–H groups in total. The Morgan fingerprint density at radius 1 is 1.36 bits per heavy atom. The van der Waals surface area contributed by atoms with E-state index in [1.165, 1.54) is 4.35 Å². The van der Waals surface area contributed by atoms with E-state index in [9.17, 15) is 8.78 Å². The SMILES string of the molecule is C[Si](C)(C)n1cc(F)c(F)n1. The van der Waals surface area contributed by atoms with Crippen molar-refractivity contribution in [3.63, 3.8) is 0 Å². The van der Waals surface area contributed by atoms with Gasteiger partial charge in [0.25, 0.3) is 5.95 Å². The Hall–Kier alpha value is -0.713. The summed E-state index contributed by atoms with van der Waals surface area (Å²) in [5.74, 6) is -1.88. The number of hydrogen-bond acceptors (Lipinski definition) is 1. The van der Waals surface area contributed by atoms with Gasteiger partial charge in [0.1, 0.15) is 0 Å². The molecule has 0 aliphatic carbocycles. The average Bonchev–Trinajstić information content (AvgIpc) is 2.11. The standard InChI is InChI=1S/C6H10F2N2Si/c1-11(2,3)10-4-5(7)6(8)9-10/h4H,1-3H3. The highest BCUT2D eigenvalue weighted by molar-refractivity contribution is 6.74. The molecule has 0 unspecified atom stereocenters. The van der Waals surface area contributed by atoms with E-state index in [0.717, 1.165) is 6.20 Å². The normalized spacial score (nSPS) is 12.1. The minimum atomic E-state index is -1.72. The third-order valence-electron chi connectivity index (χ3n) is 1.32. The fourth-order valence-electron chi connectivity index (χ4n) is 0.675. The molecule has 1 aromatic heterocycles. The molecule has 5 heteroatoms. The van der Waals surface area contributed by atoms with Crippen LogP contribution in [0.25, 0.3) is 0 Å². The summed E-state index contributed by atoms with van der Waals surface area (Å²) in [4.78, 5) is 0. The van der Waals surface area contributed by atoms with Crippen LogP contribution >= 0.6 is 0 Å². The first-order chi connectivity index (χ1) is 4.91. The van der Waals surface area contributed by atoms with E-state index in [4.69, 9.17) is 0 Å². The number of nitrogens with zero attached hydrogens (tertiary/aromatic N) is 2. The minimum absolute atomic E-state index is 0.868. The first kappa shape index (κ1) is 8.38. The third kappa shape index (κ3) is 1.65. The third-order valence-corrected chi connectivity index (χ3v) is 2.92. The van der Waals surface area contributed by atoms with Crippen LogP contribution in [0.4, 0.5) is 8.78 Å². The molecular formula is C6H10F2N2Si. The van der Waals surface area contributed by atoms with Crippen LogP contribution in [0.1, 0.15) is 0 Å². The zero-order valence-corrected chi connectivity index (χ0v) is 7.73. The monoisotopic (exact) mass is 176 g/mol. The molecule has 1 aromatic rings. The van der Waals surface area contributed by atoms with Gasteiger partial charge in [0.15, 0.2) is 14.1 Å². The van der Waals surface area contributed by atoms with Crippen LogP contribution in [0, 0.1) is 11.8 Å². The first-order valence-electron chi connectivity index (χ1n) is 3.32. The van der Waals surface area contributed by atoms with Gasteiger partial charge in [-0.15, -0.1) is 5.10 Å². The molecule has 62 valence electrons. The Morgan fingerprint density at radius 2 is 1.91 bits per heavy atom. The summed E-state index contributed by atoms with van der Waals surface area (Å²) in [5.41, 5.74) is 0. The molecule has 0 fully saturated rings. The minimum Gasteiger partial charge on any atom is -0.296 e. The largest absolute Gasteiger partial charge is 0.296 e. The summed E-state index contributed by atoms with van der Waals surface area (Å²) < 4.78 is 26.2. The highest BCUT2D eigenvalue weighted by Crippen LogP contribution is 2.08. The van der Waals surface area contributed by atoms with Crippen molar-refractivity contribution in [1.29, 1.82) is 0 Å². The molecule has 0 aliphatic heterocycles. The van der Waals surface area contributed by atoms with Gasteiger partial charge in [-0.05, 0) is 19.6 Å². The molecule has 1 rings (SSSR count). The second-order valence-corrected chi connectivity index (χ2v) is 8.18. The lowest BCUT2D eigenvalue weighted by Gasteiger charge is -2.14. The highest BCUT2D eigenvalue weighted by Gasteiger charge is 2.20. The molecule has 0 atom stereocenters. The predicted octanol–water partition coefficient (Wildman–Crippen LogP) is 1.84. The number of rotatable bonds is 1. The van der Waals surface area contributed by atoms with Crippen molar-refractivity contribution in [2.45, 2.75) is 19.6 Å². The molecule has 1 heterocycles. The molecule has 0 radical (unpaired) electrons. The lowest BCUT2D eigenvalue weighted by molar-refractivity contribution is 0.489. The summed E-state index contributed by atoms with van der Waals surface area (Å²) in [6.07, 6.45) is 1.11. The van der Waals surface area contributed by atoms with Gasteiger partial charge in [-0.25, -0.2) is 4.39 Å². The van der Waals surface area contributed by atoms with Crippen molar-refractivity contribution in [2.24, 2.45) is 0 Å². The van der Waals surface area contributed by atoms with Gasteiger partial charge in [0, 0.05) is 0 Å². The molecule has 0 saturated carbocycles. The topological polar surface area (TPSA) is 17.8 Å². The molecule has 0 bridgehead atoms. The molecule has 0 aromatic carbocycles. The van der Waals surface area contributed by atoms with Gasteiger partial charge in [-0.3, -0.25) is 4.35 Å². The maximum atomic E-state index is 12.4. The Bertz CT molecular complexity index is 245. The van der Waals surface area contributed by atoms with E-state index < -0.39 is 20.0 Å². The highest BCUT2D eigenvalue weighted by atomic mass is 28.3. The summed E-state index contributed by atoms with van der Waals surface area (Å²) in [5, 5.41) is 3.42. The van der Waals surface area contributed by atoms with Gasteiger partial charge < -0.3 is 0 Å². The summed E-state index contributed by atoms with van der Waals surface area (Å²) >= 11 is 0. The van der Waals surface area contributed by atoms with Crippen LogP contribution in [-0.2, 0) is 0 Å². The van der Waals surface area contributed by atoms with Gasteiger partial charge in [0.05, 0.1) is 6.20 Å². The molecule has 2 nitrogen and oxygen atoms in total. The molecule has 0 spiro atoms. The summed E-state index contributed by atoms with van der Waals surface area (Å²) in [7, 11) is -1.72. The number of hydrogen-bond donors (Lipinski definition) is 0. The maximum Gasteiger partial charge on any atom is 0.267 e. The van der Waals surface area contributed by atoms with Gasteiger partial charge in [-0.1, -0.05) is 0 Å². The van der Waals surface area contributed by atoms with E-state index in [1.807, 2.05) is 19.6 Å². The molecule has 11 heavy (non-hydrogen) atoms. The zero-order chi connectivity index (χ0) is 8.65. The van der Waals surface area contributed by atoms with E-state index in [2.05, 4.69) is 5.10 Å². The fourth-order valence-corrected chi connectivity index (χ4v) is 1.56. The van der Waals surface area contributed by atoms with E-state index in [-0.39, 0.29) is 0 Å². The fraction of sp³-hybridized carbons (Fsp3) is 0.500. The first-order valence-corrected chi connectivity index (χ1v) is 6.77. The van der Waals surface area contributed by atoms with Crippen LogP contribution in [0.15, 0.2) is 6.20 Å². The van der Waals surface area contributed by atoms with Crippen molar-refractivity contribution < 1.29 is 8.78 Å². The smallest absolute Gasteiger partial charge is 0.267 e. The Morgan fingerprint density at radius 3 is 2.09 bits per heavy atom. The molecule has 0 saturated heterocycles.